The number of carbonyl (C=O) groups excluding carboxylic acids is 1. The number of para-hydroxylation sites is 1. The number of likely N-dealkylation sites (N-methyl/N-ethyl adjacent to an activating group) is 1. The van der Waals surface area contributed by atoms with E-state index in [0.29, 0.717) is 12.1 Å². The standard InChI is InChI=1S/C19H18FN3O2/c1-22(12-13-25-18-5-3-2-4-17(18)20)19(24)15-6-8-16(9-7-15)23-11-10-21-14-23/h2-11,14H,12-13H2,1H3. The molecule has 0 bridgehead atoms. The van der Waals surface area contributed by atoms with Crippen LogP contribution in [0.2, 0.25) is 0 Å². The molecule has 0 N–H and O–H groups in total. The van der Waals surface area contributed by atoms with Crippen LogP contribution in [0.4, 0.5) is 4.39 Å². The van der Waals surface area contributed by atoms with Crippen LogP contribution in [0.1, 0.15) is 10.4 Å². The molecular weight excluding hydrogens is 321 g/mol. The van der Waals surface area contributed by atoms with E-state index in [4.69, 9.17) is 4.74 Å². The number of rotatable bonds is 6. The molecule has 25 heavy (non-hydrogen) atoms. The van der Waals surface area contributed by atoms with E-state index in [2.05, 4.69) is 4.98 Å². The molecule has 3 aromatic rings. The number of aromatic nitrogens is 2. The summed E-state index contributed by atoms with van der Waals surface area (Å²) in [7, 11) is 1.69. The highest BCUT2D eigenvalue weighted by atomic mass is 19.1. The van der Waals surface area contributed by atoms with E-state index in [1.165, 1.54) is 6.07 Å². The van der Waals surface area contributed by atoms with Gasteiger partial charge in [0.2, 0.25) is 0 Å². The van der Waals surface area contributed by atoms with Crippen molar-refractivity contribution in [2.45, 2.75) is 0 Å². The number of hydrogen-bond donors (Lipinski definition) is 0. The van der Waals surface area contributed by atoms with Crippen LogP contribution in [-0.4, -0.2) is 40.6 Å². The van der Waals surface area contributed by atoms with Crippen molar-refractivity contribution in [2.24, 2.45) is 0 Å². The minimum atomic E-state index is -0.411. The van der Waals surface area contributed by atoms with Crippen LogP contribution in [0.3, 0.4) is 0 Å². The van der Waals surface area contributed by atoms with Crippen molar-refractivity contribution in [3.05, 3.63) is 78.6 Å². The van der Waals surface area contributed by atoms with E-state index in [1.54, 1.807) is 54.8 Å². The average Bonchev–Trinajstić information content (AvgIpc) is 3.17. The first-order valence-corrected chi connectivity index (χ1v) is 7.86. The molecule has 0 radical (unpaired) electrons. The fraction of sp³-hybridized carbons (Fsp3) is 0.158. The Balaban J connectivity index is 1.56. The fourth-order valence-electron chi connectivity index (χ4n) is 2.36. The van der Waals surface area contributed by atoms with Gasteiger partial charge in [-0.2, -0.15) is 0 Å². The Hall–Kier alpha value is -3.15. The van der Waals surface area contributed by atoms with Gasteiger partial charge in [0, 0.05) is 30.7 Å². The Bertz CT molecular complexity index is 832. The molecule has 1 aromatic heterocycles. The molecule has 0 unspecified atom stereocenters. The van der Waals surface area contributed by atoms with Crippen molar-refractivity contribution >= 4 is 5.91 Å². The van der Waals surface area contributed by atoms with Crippen molar-refractivity contribution in [3.63, 3.8) is 0 Å². The second kappa shape index (κ2) is 7.61. The first-order chi connectivity index (χ1) is 12.1. The van der Waals surface area contributed by atoms with Crippen LogP contribution in [0, 0.1) is 5.82 Å². The summed E-state index contributed by atoms with van der Waals surface area (Å²) in [5.41, 5.74) is 1.51. The number of ether oxygens (including phenoxy) is 1. The van der Waals surface area contributed by atoms with Gasteiger partial charge in [-0.25, -0.2) is 9.37 Å². The molecule has 1 heterocycles. The molecule has 0 aliphatic carbocycles. The largest absolute Gasteiger partial charge is 0.489 e. The number of benzene rings is 2. The number of halogens is 1. The Morgan fingerprint density at radius 3 is 2.64 bits per heavy atom. The van der Waals surface area contributed by atoms with Crippen LogP contribution >= 0.6 is 0 Å². The molecule has 3 rings (SSSR count). The van der Waals surface area contributed by atoms with Crippen molar-refractivity contribution in [1.82, 2.24) is 14.5 Å². The van der Waals surface area contributed by atoms with Crippen LogP contribution in [0.25, 0.3) is 5.69 Å². The minimum Gasteiger partial charge on any atom is -0.489 e. The van der Waals surface area contributed by atoms with Gasteiger partial charge in [0.25, 0.3) is 5.91 Å². The van der Waals surface area contributed by atoms with Gasteiger partial charge in [-0.15, -0.1) is 0 Å². The molecule has 0 aliphatic rings. The summed E-state index contributed by atoms with van der Waals surface area (Å²) in [5.74, 6) is -0.339. The first kappa shape index (κ1) is 16.7. The summed E-state index contributed by atoms with van der Waals surface area (Å²) in [5, 5.41) is 0. The normalized spacial score (nSPS) is 10.5. The fourth-order valence-corrected chi connectivity index (χ4v) is 2.36. The van der Waals surface area contributed by atoms with Gasteiger partial charge < -0.3 is 14.2 Å². The molecule has 2 aromatic carbocycles. The molecule has 0 aliphatic heterocycles. The number of imidazole rings is 1. The topological polar surface area (TPSA) is 47.4 Å². The molecule has 5 nitrogen and oxygen atoms in total. The van der Waals surface area contributed by atoms with Crippen LogP contribution in [0.15, 0.2) is 67.3 Å². The molecule has 6 heteroatoms. The number of nitrogens with zero attached hydrogens (tertiary/aromatic N) is 3. The van der Waals surface area contributed by atoms with E-state index in [0.717, 1.165) is 5.69 Å². The molecule has 0 saturated carbocycles. The summed E-state index contributed by atoms with van der Waals surface area (Å²) >= 11 is 0. The highest BCUT2D eigenvalue weighted by Crippen LogP contribution is 2.15. The smallest absolute Gasteiger partial charge is 0.253 e. The lowest BCUT2D eigenvalue weighted by atomic mass is 10.2. The van der Waals surface area contributed by atoms with Crippen molar-refractivity contribution in [1.29, 1.82) is 0 Å². The monoisotopic (exact) mass is 339 g/mol. The molecule has 0 saturated heterocycles. The van der Waals surface area contributed by atoms with E-state index in [9.17, 15) is 9.18 Å². The zero-order valence-corrected chi connectivity index (χ0v) is 13.8. The van der Waals surface area contributed by atoms with Gasteiger partial charge >= 0.3 is 0 Å². The lowest BCUT2D eigenvalue weighted by Crippen LogP contribution is -2.30. The van der Waals surface area contributed by atoms with Gasteiger partial charge in [0.1, 0.15) is 6.61 Å². The Labute approximate surface area is 145 Å². The Kier molecular flexibility index (Phi) is 5.09. The zero-order valence-electron chi connectivity index (χ0n) is 13.8. The summed E-state index contributed by atoms with van der Waals surface area (Å²) in [4.78, 5) is 18.0. The quantitative estimate of drug-likeness (QED) is 0.693. The lowest BCUT2D eigenvalue weighted by molar-refractivity contribution is 0.0773. The number of hydrogen-bond acceptors (Lipinski definition) is 3. The lowest BCUT2D eigenvalue weighted by Gasteiger charge is -2.18. The minimum absolute atomic E-state index is 0.116. The zero-order chi connectivity index (χ0) is 17.6. The molecule has 0 spiro atoms. The summed E-state index contributed by atoms with van der Waals surface area (Å²) in [6.45, 7) is 0.576. The Morgan fingerprint density at radius 2 is 1.96 bits per heavy atom. The van der Waals surface area contributed by atoms with Gasteiger partial charge in [-0.1, -0.05) is 12.1 Å². The molecular formula is C19H18FN3O2. The highest BCUT2D eigenvalue weighted by Gasteiger charge is 2.12. The van der Waals surface area contributed by atoms with Crippen molar-refractivity contribution in [3.8, 4) is 11.4 Å². The van der Waals surface area contributed by atoms with E-state index in [-0.39, 0.29) is 18.3 Å². The third kappa shape index (κ3) is 4.03. The molecule has 0 fully saturated rings. The van der Waals surface area contributed by atoms with E-state index in [1.807, 2.05) is 22.9 Å². The number of carbonyl (C=O) groups is 1. The van der Waals surface area contributed by atoms with Crippen LogP contribution < -0.4 is 4.74 Å². The van der Waals surface area contributed by atoms with Crippen LogP contribution in [-0.2, 0) is 0 Å². The summed E-state index contributed by atoms with van der Waals surface area (Å²) < 4.78 is 20.7. The third-order valence-corrected chi connectivity index (χ3v) is 3.78. The second-order valence-corrected chi connectivity index (χ2v) is 5.52. The summed E-state index contributed by atoms with van der Waals surface area (Å²) in [6, 6.07) is 13.5. The SMILES string of the molecule is CN(CCOc1ccccc1F)C(=O)c1ccc(-n2ccnc2)cc1. The Morgan fingerprint density at radius 1 is 1.20 bits per heavy atom. The van der Waals surface area contributed by atoms with Gasteiger partial charge in [0.05, 0.1) is 12.9 Å². The average molecular weight is 339 g/mol. The second-order valence-electron chi connectivity index (χ2n) is 5.52. The van der Waals surface area contributed by atoms with Gasteiger partial charge in [0.15, 0.2) is 11.6 Å². The maximum absolute atomic E-state index is 13.5. The molecule has 128 valence electrons. The predicted molar refractivity (Wildman–Crippen MR) is 92.4 cm³/mol. The maximum atomic E-state index is 13.5. The van der Waals surface area contributed by atoms with E-state index < -0.39 is 5.82 Å². The van der Waals surface area contributed by atoms with Crippen molar-refractivity contribution < 1.29 is 13.9 Å². The van der Waals surface area contributed by atoms with Gasteiger partial charge in [-0.3, -0.25) is 4.79 Å². The highest BCUT2D eigenvalue weighted by molar-refractivity contribution is 5.94. The number of amides is 1. The van der Waals surface area contributed by atoms with Crippen molar-refractivity contribution in [2.75, 3.05) is 20.2 Å². The predicted octanol–water partition coefficient (Wildman–Crippen LogP) is 3.16. The maximum Gasteiger partial charge on any atom is 0.253 e. The molecule has 1 amide bonds. The summed E-state index contributed by atoms with van der Waals surface area (Å²) in [6.07, 6.45) is 5.23. The van der Waals surface area contributed by atoms with Crippen LogP contribution in [0.5, 0.6) is 5.75 Å². The molecule has 0 atom stereocenters. The third-order valence-electron chi connectivity index (χ3n) is 3.78. The van der Waals surface area contributed by atoms with E-state index >= 15 is 0 Å². The van der Waals surface area contributed by atoms with Gasteiger partial charge in [-0.05, 0) is 36.4 Å². The first-order valence-electron chi connectivity index (χ1n) is 7.86.